The van der Waals surface area contributed by atoms with E-state index >= 15 is 0 Å². The number of hydrogen-bond acceptors (Lipinski definition) is 10. The molecule has 3 aromatic rings. The van der Waals surface area contributed by atoms with Crippen LogP contribution in [0.15, 0.2) is 51.9 Å². The Morgan fingerprint density at radius 2 is 1.76 bits per heavy atom. The van der Waals surface area contributed by atoms with Crippen molar-refractivity contribution in [3.63, 3.8) is 0 Å². The minimum absolute atomic E-state index is 0. The van der Waals surface area contributed by atoms with Gasteiger partial charge in [-0.2, -0.15) is 0 Å². The normalized spacial score (nSPS) is 24.1. The third-order valence-electron chi connectivity index (χ3n) is 5.34. The van der Waals surface area contributed by atoms with Gasteiger partial charge in [-0.05, 0) is 29.8 Å². The molecule has 0 saturated carbocycles. The molecular weight excluding hydrogens is 499 g/mol. The summed E-state index contributed by atoms with van der Waals surface area (Å²) in [5.41, 5.74) is 0.535. The molecule has 1 saturated heterocycles. The van der Waals surface area contributed by atoms with Crippen LogP contribution in [0, 0.1) is 0 Å². The van der Waals surface area contributed by atoms with Crippen LogP contribution in [0.4, 0.5) is 0 Å². The van der Waals surface area contributed by atoms with Crippen molar-refractivity contribution >= 4 is 11.0 Å². The average molecular weight is 521 g/mol. The summed E-state index contributed by atoms with van der Waals surface area (Å²) in [6, 6.07) is 8.88. The van der Waals surface area contributed by atoms with Crippen molar-refractivity contribution in [2.75, 3.05) is 13.7 Å². The Balaban J connectivity index is 0.00000204. The molecule has 5 N–H and O–H groups in total. The number of halogens is 1. The van der Waals surface area contributed by atoms with Crippen molar-refractivity contribution in [3.05, 3.63) is 52.9 Å². The van der Waals surface area contributed by atoms with E-state index in [9.17, 15) is 30.3 Å². The summed E-state index contributed by atoms with van der Waals surface area (Å²) in [6.07, 6.45) is -5.87. The molecule has 0 radical (unpaired) electrons. The van der Waals surface area contributed by atoms with Crippen molar-refractivity contribution in [1.82, 2.24) is 0 Å². The zero-order valence-corrected chi connectivity index (χ0v) is 22.2. The Morgan fingerprint density at radius 3 is 2.41 bits per heavy atom. The van der Waals surface area contributed by atoms with Gasteiger partial charge in [0.05, 0.1) is 24.7 Å². The fourth-order valence-corrected chi connectivity index (χ4v) is 3.54. The number of aliphatic hydroxyl groups excluding tert-OH is 4. The summed E-state index contributed by atoms with van der Waals surface area (Å²) in [7, 11) is 1.42. The molecule has 10 nitrogen and oxygen atoms in total. The molecule has 2 heterocycles. The third-order valence-corrected chi connectivity index (χ3v) is 5.34. The maximum Gasteiger partial charge on any atom is 1.00 e. The molecule has 1 aromatic heterocycles. The monoisotopic (exact) mass is 520 g/mol. The van der Waals surface area contributed by atoms with Crippen LogP contribution < -0.4 is 78.7 Å². The van der Waals surface area contributed by atoms with E-state index in [1.165, 1.54) is 43.7 Å². The van der Waals surface area contributed by atoms with Gasteiger partial charge in [-0.3, -0.25) is 4.79 Å². The van der Waals surface area contributed by atoms with Crippen molar-refractivity contribution in [2.45, 2.75) is 30.7 Å². The van der Waals surface area contributed by atoms with E-state index < -0.39 is 37.3 Å². The van der Waals surface area contributed by atoms with Gasteiger partial charge in [0.1, 0.15) is 42.0 Å². The minimum atomic E-state index is -1.58. The largest absolute Gasteiger partial charge is 1.00 e. The quantitative estimate of drug-likeness (QED) is 0.205. The SMILES string of the molecule is COc1ccc(-c2coc3cc(O[C@@H]4O[C@H](CO)[C@@H](O)[C@H](O)[C@H]4O)ccc3c2=O)cc1O.[Cl-].[K+]. The van der Waals surface area contributed by atoms with Crippen LogP contribution in [0.3, 0.4) is 0 Å². The molecule has 1 aliphatic heterocycles. The molecule has 0 aliphatic carbocycles. The fraction of sp³-hybridized carbons (Fsp3) is 0.318. The van der Waals surface area contributed by atoms with Crippen LogP contribution in [0.2, 0.25) is 0 Å². The summed E-state index contributed by atoms with van der Waals surface area (Å²) in [4.78, 5) is 12.9. The molecule has 1 fully saturated rings. The molecule has 12 heteroatoms. The van der Waals surface area contributed by atoms with E-state index in [0.29, 0.717) is 5.56 Å². The zero-order chi connectivity index (χ0) is 23.0. The maximum atomic E-state index is 12.9. The molecule has 0 amide bonds. The number of aliphatic hydroxyl groups is 4. The first-order chi connectivity index (χ1) is 15.3. The van der Waals surface area contributed by atoms with Crippen LogP contribution in [0.5, 0.6) is 17.2 Å². The number of hydrogen-bond donors (Lipinski definition) is 5. The van der Waals surface area contributed by atoms with Crippen molar-refractivity contribution < 1.29 is 108 Å². The Labute approximate surface area is 242 Å². The van der Waals surface area contributed by atoms with Gasteiger partial charge in [-0.25, -0.2) is 0 Å². The second-order valence-electron chi connectivity index (χ2n) is 7.34. The molecule has 178 valence electrons. The topological polar surface area (TPSA) is 159 Å². The van der Waals surface area contributed by atoms with E-state index in [0.717, 1.165) is 0 Å². The zero-order valence-electron chi connectivity index (χ0n) is 18.3. The number of methoxy groups -OCH3 is 1. The number of aromatic hydroxyl groups is 1. The number of phenols is 1. The number of fused-ring (bicyclic) bond motifs is 1. The van der Waals surface area contributed by atoms with Crippen molar-refractivity contribution in [3.8, 4) is 28.4 Å². The first-order valence-corrected chi connectivity index (χ1v) is 9.74. The number of ether oxygens (including phenoxy) is 3. The average Bonchev–Trinajstić information content (AvgIpc) is 2.79. The van der Waals surface area contributed by atoms with Gasteiger partial charge in [0.2, 0.25) is 6.29 Å². The molecule has 0 bridgehead atoms. The van der Waals surface area contributed by atoms with Gasteiger partial charge < -0.3 is 56.6 Å². The fourth-order valence-electron chi connectivity index (χ4n) is 3.54. The molecule has 4 rings (SSSR count). The maximum absolute atomic E-state index is 12.9. The molecule has 34 heavy (non-hydrogen) atoms. The summed E-state index contributed by atoms with van der Waals surface area (Å²) >= 11 is 0. The number of benzene rings is 2. The molecule has 5 atom stereocenters. The van der Waals surface area contributed by atoms with Crippen LogP contribution in [-0.2, 0) is 4.74 Å². The Kier molecular flexibility index (Phi) is 10.4. The molecular formula is C22H22ClKO10. The third kappa shape index (κ3) is 5.60. The van der Waals surface area contributed by atoms with Crippen molar-refractivity contribution in [2.24, 2.45) is 0 Å². The Morgan fingerprint density at radius 1 is 1.03 bits per heavy atom. The summed E-state index contributed by atoms with van der Waals surface area (Å²) in [5.74, 6) is 0.321. The molecule has 0 spiro atoms. The van der Waals surface area contributed by atoms with E-state index in [1.54, 1.807) is 6.07 Å². The standard InChI is InChI=1S/C22H22O10.ClH.K/c1-29-15-5-2-10(6-14(15)24)13-9-30-16-7-11(3-4-12(16)18(13)25)31-22-21(28)20(27)19(26)17(8-23)32-22;;/h2-7,9,17,19-24,26-28H,8H2,1H3;1H;/q;;+1/p-1/t17-,19-,20+,21-,22-;;/m1../s1. The summed E-state index contributed by atoms with van der Waals surface area (Å²) < 4.78 is 21.5. The van der Waals surface area contributed by atoms with E-state index in [2.05, 4.69) is 0 Å². The van der Waals surface area contributed by atoms with Crippen LogP contribution in [-0.4, -0.2) is 70.0 Å². The summed E-state index contributed by atoms with van der Waals surface area (Å²) in [5, 5.41) is 49.4. The first kappa shape index (κ1) is 29.0. The smallest absolute Gasteiger partial charge is 1.00 e. The van der Waals surface area contributed by atoms with Gasteiger partial charge >= 0.3 is 51.4 Å². The Bertz CT molecular complexity index is 1180. The van der Waals surface area contributed by atoms with Gasteiger partial charge in [0.25, 0.3) is 0 Å². The van der Waals surface area contributed by atoms with Gasteiger partial charge in [0.15, 0.2) is 16.9 Å². The predicted octanol–water partition coefficient (Wildman–Crippen LogP) is -5.64. The van der Waals surface area contributed by atoms with Crippen LogP contribution in [0.1, 0.15) is 0 Å². The van der Waals surface area contributed by atoms with E-state index in [4.69, 9.17) is 18.6 Å². The van der Waals surface area contributed by atoms with Crippen LogP contribution in [0.25, 0.3) is 22.1 Å². The minimum Gasteiger partial charge on any atom is -1.00 e. The van der Waals surface area contributed by atoms with Crippen molar-refractivity contribution in [1.29, 1.82) is 0 Å². The molecule has 2 aromatic carbocycles. The molecule has 1 aliphatic rings. The summed E-state index contributed by atoms with van der Waals surface area (Å²) in [6.45, 7) is -0.582. The van der Waals surface area contributed by atoms with E-state index in [1.807, 2.05) is 0 Å². The predicted molar refractivity (Wildman–Crippen MR) is 111 cm³/mol. The number of phenolic OH excluding ortho intramolecular Hbond substituents is 1. The van der Waals surface area contributed by atoms with Gasteiger partial charge in [-0.15, -0.1) is 0 Å². The van der Waals surface area contributed by atoms with Gasteiger partial charge in [-0.1, -0.05) is 6.07 Å². The first-order valence-electron chi connectivity index (χ1n) is 9.74. The van der Waals surface area contributed by atoms with E-state index in [-0.39, 0.29) is 103 Å². The second-order valence-corrected chi connectivity index (χ2v) is 7.34. The second kappa shape index (κ2) is 12.1. The van der Waals surface area contributed by atoms with Crippen LogP contribution >= 0.6 is 0 Å². The van der Waals surface area contributed by atoms with Gasteiger partial charge in [0, 0.05) is 6.07 Å². The molecule has 0 unspecified atom stereocenters. The Hall–Kier alpha value is -1.22. The number of rotatable bonds is 5.